The second-order valence-electron chi connectivity index (χ2n) is 7.33. The summed E-state index contributed by atoms with van der Waals surface area (Å²) in [6, 6.07) is 13.9. The normalized spacial score (nSPS) is 15.8. The zero-order chi connectivity index (χ0) is 22.8. The molecule has 8 heteroatoms. The van der Waals surface area contributed by atoms with E-state index in [0.29, 0.717) is 5.56 Å². The Balaban J connectivity index is 1.68. The smallest absolute Gasteiger partial charge is 0.257 e. The Kier molecular flexibility index (Phi) is 5.77. The molecule has 3 aromatic rings. The highest BCUT2D eigenvalue weighted by Crippen LogP contribution is 2.28. The number of carbonyl (C=O) groups is 3. The molecule has 0 aromatic heterocycles. The van der Waals surface area contributed by atoms with Crippen LogP contribution in [0.4, 0.5) is 18.9 Å². The average molecular weight is 438 g/mol. The maximum atomic E-state index is 13.3. The van der Waals surface area contributed by atoms with Gasteiger partial charge >= 0.3 is 0 Å². The first-order valence-corrected chi connectivity index (χ1v) is 9.77. The molecule has 1 heterocycles. The lowest BCUT2D eigenvalue weighted by molar-refractivity contribution is -0.122. The fraction of sp³-hybridized carbons (Fsp3) is 0.125. The van der Waals surface area contributed by atoms with E-state index in [-0.39, 0.29) is 24.2 Å². The Bertz CT molecular complexity index is 1160. The molecule has 0 bridgehead atoms. The maximum absolute atomic E-state index is 13.3. The van der Waals surface area contributed by atoms with Gasteiger partial charge in [-0.3, -0.25) is 14.4 Å². The van der Waals surface area contributed by atoms with E-state index in [4.69, 9.17) is 0 Å². The lowest BCUT2D eigenvalue weighted by atomic mass is 10.1. The maximum Gasteiger partial charge on any atom is 0.257 e. The molecule has 0 radical (unpaired) electrons. The van der Waals surface area contributed by atoms with Crippen molar-refractivity contribution in [3.05, 3.63) is 101 Å². The number of amides is 3. The van der Waals surface area contributed by atoms with Crippen LogP contribution in [0.5, 0.6) is 0 Å². The number of nitrogens with zero attached hydrogens (tertiary/aromatic N) is 2. The molecule has 0 spiro atoms. The van der Waals surface area contributed by atoms with Crippen LogP contribution in [0.15, 0.2) is 72.8 Å². The van der Waals surface area contributed by atoms with E-state index < -0.39 is 41.2 Å². The zero-order valence-corrected chi connectivity index (χ0v) is 16.7. The van der Waals surface area contributed by atoms with Crippen LogP contribution < -0.4 is 4.90 Å². The number of benzene rings is 3. The van der Waals surface area contributed by atoms with E-state index in [0.717, 1.165) is 29.2 Å². The third-order valence-corrected chi connectivity index (χ3v) is 5.20. The van der Waals surface area contributed by atoms with E-state index in [9.17, 15) is 27.6 Å². The SMILES string of the molecule is O=C1CC(N(Cc2ccc(F)cc2)C(=O)c2ccc(F)cc2)C(=O)N1c1ccc(F)cc1. The summed E-state index contributed by atoms with van der Waals surface area (Å²) in [6.45, 7) is -0.0720. The van der Waals surface area contributed by atoms with Crippen molar-refractivity contribution in [3.8, 4) is 0 Å². The largest absolute Gasteiger partial charge is 0.322 e. The van der Waals surface area contributed by atoms with Crippen LogP contribution in [0.2, 0.25) is 0 Å². The molecule has 0 aliphatic carbocycles. The molecular formula is C24H17F3N2O3. The Hall–Kier alpha value is -3.94. The van der Waals surface area contributed by atoms with Crippen LogP contribution in [-0.2, 0) is 16.1 Å². The molecule has 1 fully saturated rings. The standard InChI is InChI=1S/C24H17F3N2O3/c25-17-5-1-15(2-6-17)14-28(23(31)16-3-7-18(26)8-4-16)21-13-22(30)29(24(21)32)20-11-9-19(27)10-12-20/h1-12,21H,13-14H2. The Labute approximate surface area is 181 Å². The van der Waals surface area contributed by atoms with Crippen LogP contribution in [-0.4, -0.2) is 28.7 Å². The molecule has 1 aliphatic heterocycles. The van der Waals surface area contributed by atoms with E-state index in [2.05, 4.69) is 0 Å². The molecule has 32 heavy (non-hydrogen) atoms. The van der Waals surface area contributed by atoms with Crippen LogP contribution in [0.1, 0.15) is 22.3 Å². The summed E-state index contributed by atoms with van der Waals surface area (Å²) in [7, 11) is 0. The highest BCUT2D eigenvalue weighted by molar-refractivity contribution is 6.23. The van der Waals surface area contributed by atoms with Gasteiger partial charge in [0.1, 0.15) is 23.5 Å². The second kappa shape index (κ2) is 8.66. The van der Waals surface area contributed by atoms with Crippen molar-refractivity contribution in [3.63, 3.8) is 0 Å². The molecule has 3 aromatic carbocycles. The van der Waals surface area contributed by atoms with Crippen molar-refractivity contribution in [1.29, 1.82) is 0 Å². The van der Waals surface area contributed by atoms with Crippen molar-refractivity contribution in [1.82, 2.24) is 4.90 Å². The minimum Gasteiger partial charge on any atom is -0.322 e. The van der Waals surface area contributed by atoms with Gasteiger partial charge in [-0.15, -0.1) is 0 Å². The van der Waals surface area contributed by atoms with Gasteiger partial charge in [0, 0.05) is 12.1 Å². The van der Waals surface area contributed by atoms with Gasteiger partial charge in [0.25, 0.3) is 11.8 Å². The van der Waals surface area contributed by atoms with E-state index in [1.807, 2.05) is 0 Å². The lowest BCUT2D eigenvalue weighted by Gasteiger charge is -2.28. The number of halogens is 3. The van der Waals surface area contributed by atoms with Crippen molar-refractivity contribution in [2.24, 2.45) is 0 Å². The van der Waals surface area contributed by atoms with Gasteiger partial charge in [0.05, 0.1) is 12.1 Å². The van der Waals surface area contributed by atoms with Crippen LogP contribution in [0.3, 0.4) is 0 Å². The predicted octanol–water partition coefficient (Wildman–Crippen LogP) is 4.08. The summed E-state index contributed by atoms with van der Waals surface area (Å²) in [4.78, 5) is 41.2. The van der Waals surface area contributed by atoms with Gasteiger partial charge in [-0.25, -0.2) is 18.1 Å². The number of anilines is 1. The zero-order valence-electron chi connectivity index (χ0n) is 16.7. The molecule has 0 saturated carbocycles. The topological polar surface area (TPSA) is 57.7 Å². The quantitative estimate of drug-likeness (QED) is 0.564. The minimum atomic E-state index is -1.13. The van der Waals surface area contributed by atoms with E-state index >= 15 is 0 Å². The first-order chi connectivity index (χ1) is 15.3. The predicted molar refractivity (Wildman–Crippen MR) is 110 cm³/mol. The van der Waals surface area contributed by atoms with Crippen molar-refractivity contribution in [2.75, 3.05) is 4.90 Å². The molecule has 0 N–H and O–H groups in total. The summed E-state index contributed by atoms with van der Waals surface area (Å²) in [6.07, 6.45) is -0.273. The van der Waals surface area contributed by atoms with Gasteiger partial charge in [0.2, 0.25) is 5.91 Å². The number of imide groups is 1. The minimum absolute atomic E-state index is 0.0720. The number of carbonyl (C=O) groups excluding carboxylic acids is 3. The summed E-state index contributed by atoms with van der Waals surface area (Å²) in [5.41, 5.74) is 0.871. The fourth-order valence-corrected chi connectivity index (χ4v) is 3.59. The van der Waals surface area contributed by atoms with Crippen LogP contribution >= 0.6 is 0 Å². The molecule has 1 unspecified atom stereocenters. The molecule has 162 valence electrons. The summed E-state index contributed by atoms with van der Waals surface area (Å²) in [5.74, 6) is -3.27. The molecule has 1 saturated heterocycles. The van der Waals surface area contributed by atoms with Gasteiger partial charge < -0.3 is 4.90 Å². The highest BCUT2D eigenvalue weighted by Gasteiger charge is 2.44. The Morgan fingerprint density at radius 2 is 1.31 bits per heavy atom. The third-order valence-electron chi connectivity index (χ3n) is 5.20. The van der Waals surface area contributed by atoms with Crippen molar-refractivity contribution in [2.45, 2.75) is 19.0 Å². The second-order valence-corrected chi connectivity index (χ2v) is 7.33. The van der Waals surface area contributed by atoms with Gasteiger partial charge in [-0.05, 0) is 66.2 Å². The summed E-state index contributed by atoms with van der Waals surface area (Å²) < 4.78 is 39.9. The third kappa shape index (κ3) is 4.25. The van der Waals surface area contributed by atoms with Gasteiger partial charge in [-0.2, -0.15) is 0 Å². The number of rotatable bonds is 5. The summed E-state index contributed by atoms with van der Waals surface area (Å²) in [5, 5.41) is 0. The lowest BCUT2D eigenvalue weighted by Crippen LogP contribution is -2.45. The Morgan fingerprint density at radius 1 is 0.812 bits per heavy atom. The molecule has 1 atom stereocenters. The van der Waals surface area contributed by atoms with Crippen LogP contribution in [0, 0.1) is 17.5 Å². The first kappa shape index (κ1) is 21.3. The average Bonchev–Trinajstić information content (AvgIpc) is 3.08. The molecule has 1 aliphatic rings. The van der Waals surface area contributed by atoms with Gasteiger partial charge in [-0.1, -0.05) is 12.1 Å². The first-order valence-electron chi connectivity index (χ1n) is 9.77. The summed E-state index contributed by atoms with van der Waals surface area (Å²) >= 11 is 0. The van der Waals surface area contributed by atoms with E-state index in [1.54, 1.807) is 0 Å². The van der Waals surface area contributed by atoms with E-state index in [1.165, 1.54) is 53.4 Å². The molecular weight excluding hydrogens is 421 g/mol. The number of hydrogen-bond acceptors (Lipinski definition) is 3. The van der Waals surface area contributed by atoms with Crippen molar-refractivity contribution >= 4 is 23.4 Å². The number of hydrogen-bond donors (Lipinski definition) is 0. The molecule has 5 nitrogen and oxygen atoms in total. The fourth-order valence-electron chi connectivity index (χ4n) is 3.59. The highest BCUT2D eigenvalue weighted by atomic mass is 19.1. The monoisotopic (exact) mass is 438 g/mol. The van der Waals surface area contributed by atoms with Crippen molar-refractivity contribution < 1.29 is 27.6 Å². The van der Waals surface area contributed by atoms with Crippen LogP contribution in [0.25, 0.3) is 0 Å². The van der Waals surface area contributed by atoms with Gasteiger partial charge in [0.15, 0.2) is 0 Å². The molecule has 4 rings (SSSR count). The molecule has 3 amide bonds. The Morgan fingerprint density at radius 3 is 1.88 bits per heavy atom.